The van der Waals surface area contributed by atoms with Gasteiger partial charge >= 0.3 is 20.8 Å². The molecule has 13 nitrogen and oxygen atoms in total. The van der Waals surface area contributed by atoms with Crippen LogP contribution < -0.4 is 5.32 Å². The van der Waals surface area contributed by atoms with Crippen molar-refractivity contribution >= 4 is 26.7 Å². The van der Waals surface area contributed by atoms with E-state index in [0.29, 0.717) is 0 Å². The van der Waals surface area contributed by atoms with Crippen molar-refractivity contribution in [2.45, 2.75) is 37.6 Å². The van der Waals surface area contributed by atoms with Crippen molar-refractivity contribution in [1.29, 1.82) is 0 Å². The quantitative estimate of drug-likeness (QED) is 0.285. The van der Waals surface area contributed by atoms with E-state index in [1.165, 1.54) is 0 Å². The van der Waals surface area contributed by atoms with Gasteiger partial charge in [-0.05, 0) is 0 Å². The summed E-state index contributed by atoms with van der Waals surface area (Å²) in [5.74, 6) is -0.749. The van der Waals surface area contributed by atoms with Crippen LogP contribution in [0.1, 0.15) is 6.92 Å². The highest BCUT2D eigenvalue weighted by Gasteiger charge is 2.48. The second-order valence-electron chi connectivity index (χ2n) is 4.48. The first-order valence-electron chi connectivity index (χ1n) is 5.86. The largest absolute Gasteiger partial charge is 0.397 e. The summed E-state index contributed by atoms with van der Waals surface area (Å²) >= 11 is 0. The average Bonchev–Trinajstić information content (AvgIpc) is 2.33. The fourth-order valence-electron chi connectivity index (χ4n) is 1.87. The smallest absolute Gasteiger partial charge is 0.387 e. The Morgan fingerprint density at radius 3 is 2.17 bits per heavy atom. The van der Waals surface area contributed by atoms with E-state index in [9.17, 15) is 31.8 Å². The van der Waals surface area contributed by atoms with E-state index in [1.807, 2.05) is 5.32 Å². The van der Waals surface area contributed by atoms with Gasteiger partial charge in [0.1, 0.15) is 24.4 Å². The zero-order valence-electron chi connectivity index (χ0n) is 11.5. The van der Waals surface area contributed by atoms with Crippen LogP contribution in [0.25, 0.3) is 0 Å². The van der Waals surface area contributed by atoms with Gasteiger partial charge in [-0.3, -0.25) is 13.9 Å². The number of ether oxygens (including phenoxy) is 1. The number of amides is 1. The van der Waals surface area contributed by atoms with Crippen LogP contribution in [0.5, 0.6) is 0 Å². The molecular formula is C8H15NO12S2. The van der Waals surface area contributed by atoms with Crippen molar-refractivity contribution in [3.05, 3.63) is 0 Å². The van der Waals surface area contributed by atoms with Gasteiger partial charge in [-0.1, -0.05) is 0 Å². The van der Waals surface area contributed by atoms with Gasteiger partial charge < -0.3 is 20.3 Å². The molecule has 1 aliphatic heterocycles. The minimum absolute atomic E-state index is 0.749. The molecule has 1 rings (SSSR count). The third kappa shape index (κ3) is 6.61. The van der Waals surface area contributed by atoms with Crippen molar-refractivity contribution in [2.75, 3.05) is 6.61 Å². The van der Waals surface area contributed by atoms with Gasteiger partial charge in [0.05, 0.1) is 6.61 Å². The highest BCUT2D eigenvalue weighted by molar-refractivity contribution is 7.81. The Labute approximate surface area is 131 Å². The highest BCUT2D eigenvalue weighted by Crippen LogP contribution is 2.24. The summed E-state index contributed by atoms with van der Waals surface area (Å²) in [5, 5.41) is 21.7. The molecule has 1 heterocycles. The Morgan fingerprint density at radius 2 is 1.74 bits per heavy atom. The molecule has 0 aliphatic carbocycles. The second kappa shape index (κ2) is 7.32. The molecule has 1 unspecified atom stereocenters. The zero-order chi connectivity index (χ0) is 18.0. The summed E-state index contributed by atoms with van der Waals surface area (Å²) in [7, 11) is -10.0. The van der Waals surface area contributed by atoms with Crippen molar-refractivity contribution in [3.8, 4) is 0 Å². The van der Waals surface area contributed by atoms with Crippen molar-refractivity contribution < 1.29 is 54.1 Å². The number of aliphatic hydroxyl groups is 2. The molecule has 15 heteroatoms. The maximum atomic E-state index is 11.1. The van der Waals surface area contributed by atoms with E-state index in [1.54, 1.807) is 0 Å². The first kappa shape index (κ1) is 20.1. The highest BCUT2D eigenvalue weighted by atomic mass is 32.3. The van der Waals surface area contributed by atoms with Crippen LogP contribution in [0.2, 0.25) is 0 Å². The number of aliphatic hydroxyl groups excluding tert-OH is 2. The molecule has 5 atom stereocenters. The van der Waals surface area contributed by atoms with Gasteiger partial charge in [-0.25, -0.2) is 8.37 Å². The van der Waals surface area contributed by atoms with Gasteiger partial charge in [0.2, 0.25) is 5.91 Å². The third-order valence-corrected chi connectivity index (χ3v) is 3.58. The number of hydrogen-bond donors (Lipinski definition) is 5. The fourth-order valence-corrected chi connectivity index (χ4v) is 2.69. The maximum Gasteiger partial charge on any atom is 0.397 e. The van der Waals surface area contributed by atoms with E-state index in [4.69, 9.17) is 13.8 Å². The first-order chi connectivity index (χ1) is 10.3. The van der Waals surface area contributed by atoms with Crippen LogP contribution in [0.3, 0.4) is 0 Å². The predicted molar refractivity (Wildman–Crippen MR) is 68.4 cm³/mol. The molecule has 0 aromatic carbocycles. The van der Waals surface area contributed by atoms with Gasteiger partial charge in [-0.2, -0.15) is 16.8 Å². The fraction of sp³-hybridized carbons (Fsp3) is 0.875. The van der Waals surface area contributed by atoms with E-state index in [2.05, 4.69) is 8.37 Å². The van der Waals surface area contributed by atoms with Gasteiger partial charge in [-0.15, -0.1) is 0 Å². The monoisotopic (exact) mass is 381 g/mol. The van der Waals surface area contributed by atoms with Crippen molar-refractivity contribution in [1.82, 2.24) is 5.32 Å². The van der Waals surface area contributed by atoms with Crippen molar-refractivity contribution in [3.63, 3.8) is 0 Å². The lowest BCUT2D eigenvalue weighted by molar-refractivity contribution is -0.247. The molecule has 0 radical (unpaired) electrons. The molecule has 0 bridgehead atoms. The standard InChI is InChI=1S/C8H15NO12S2/c1-3(10)9-5-7(21-23(16,17)18)6(11)4(20-8(5)12)2-19-22(13,14)15/h4-8,11-12H,2H2,1H3,(H,9,10)(H,13,14,15)(H,16,17,18)/t4-,5-,6+,7-,8?/m1/s1. The molecule has 0 saturated carbocycles. The summed E-state index contributed by atoms with van der Waals surface area (Å²) < 4.78 is 72.7. The van der Waals surface area contributed by atoms with E-state index in [-0.39, 0.29) is 0 Å². The molecule has 0 aromatic heterocycles. The number of carbonyl (C=O) groups is 1. The third-order valence-electron chi connectivity index (χ3n) is 2.68. The maximum absolute atomic E-state index is 11.1. The average molecular weight is 381 g/mol. The lowest BCUT2D eigenvalue weighted by atomic mass is 9.97. The van der Waals surface area contributed by atoms with E-state index in [0.717, 1.165) is 6.92 Å². The Balaban J connectivity index is 3.00. The molecule has 1 aliphatic rings. The first-order valence-corrected chi connectivity index (χ1v) is 8.59. The van der Waals surface area contributed by atoms with Gasteiger partial charge in [0.25, 0.3) is 0 Å². The number of nitrogens with one attached hydrogen (secondary N) is 1. The molecule has 1 fully saturated rings. The minimum Gasteiger partial charge on any atom is -0.387 e. The Morgan fingerprint density at radius 1 is 1.17 bits per heavy atom. The summed E-state index contributed by atoms with van der Waals surface area (Å²) in [4.78, 5) is 11.1. The van der Waals surface area contributed by atoms with E-state index >= 15 is 0 Å². The topological polar surface area (TPSA) is 206 Å². The lowest BCUT2D eigenvalue weighted by Crippen LogP contribution is -2.65. The van der Waals surface area contributed by atoms with Crippen LogP contribution in [-0.2, 0) is 38.7 Å². The predicted octanol–water partition coefficient (Wildman–Crippen LogP) is -3.42. The van der Waals surface area contributed by atoms with Gasteiger partial charge in [0, 0.05) is 6.92 Å². The Hall–Kier alpha value is -0.910. The number of hydrogen-bond acceptors (Lipinski definition) is 10. The molecule has 1 saturated heterocycles. The van der Waals surface area contributed by atoms with Crippen LogP contribution in [0, 0.1) is 0 Å². The van der Waals surface area contributed by atoms with Crippen LogP contribution in [0.15, 0.2) is 0 Å². The molecule has 136 valence electrons. The summed E-state index contributed by atoms with van der Waals surface area (Å²) in [6, 6.07) is -1.61. The minimum atomic E-state index is -5.10. The zero-order valence-corrected chi connectivity index (χ0v) is 13.1. The molecular weight excluding hydrogens is 366 g/mol. The molecule has 23 heavy (non-hydrogen) atoms. The van der Waals surface area contributed by atoms with Gasteiger partial charge in [0.15, 0.2) is 6.29 Å². The molecule has 1 amide bonds. The Kier molecular flexibility index (Phi) is 6.41. The summed E-state index contributed by atoms with van der Waals surface area (Å²) in [6.07, 6.45) is -7.49. The SMILES string of the molecule is CC(=O)N[C@H]1C(O)O[C@H](COS(=O)(=O)O)[C@H](O)[C@@H]1OS(=O)(=O)O. The van der Waals surface area contributed by atoms with Crippen LogP contribution >= 0.6 is 0 Å². The lowest BCUT2D eigenvalue weighted by Gasteiger charge is -2.41. The number of rotatable bonds is 6. The normalized spacial score (nSPS) is 32.5. The molecule has 0 aromatic rings. The molecule has 0 spiro atoms. The number of carbonyl (C=O) groups excluding carboxylic acids is 1. The van der Waals surface area contributed by atoms with Crippen LogP contribution in [0.4, 0.5) is 0 Å². The summed E-state index contributed by atoms with van der Waals surface area (Å²) in [5.41, 5.74) is 0. The van der Waals surface area contributed by atoms with E-state index < -0.39 is 64.0 Å². The van der Waals surface area contributed by atoms with Crippen LogP contribution in [-0.4, -0.2) is 79.3 Å². The van der Waals surface area contributed by atoms with Crippen molar-refractivity contribution in [2.24, 2.45) is 0 Å². The molecule has 5 N–H and O–H groups in total. The second-order valence-corrected chi connectivity index (χ2v) is 6.62. The summed E-state index contributed by atoms with van der Waals surface area (Å²) in [6.45, 7) is 0.00628. The Bertz CT molecular complexity index is 629.